The molecular formula is C29H30ClF2N5O2S. The Kier molecular flexibility index (Phi) is 6.91. The number of anilines is 1. The van der Waals surface area contributed by atoms with Crippen molar-refractivity contribution in [2.75, 3.05) is 56.5 Å². The van der Waals surface area contributed by atoms with Gasteiger partial charge in [-0.15, -0.1) is 11.8 Å². The van der Waals surface area contributed by atoms with Gasteiger partial charge in [-0.1, -0.05) is 25.1 Å². The minimum absolute atomic E-state index is 0.111. The maximum absolute atomic E-state index is 15.3. The van der Waals surface area contributed by atoms with Gasteiger partial charge < -0.3 is 14.7 Å². The molecule has 210 valence electrons. The van der Waals surface area contributed by atoms with Crippen LogP contribution < -0.4 is 10.6 Å². The quantitative estimate of drug-likeness (QED) is 0.330. The number of hydrogen-bond acceptors (Lipinski definition) is 6. The summed E-state index contributed by atoms with van der Waals surface area (Å²) in [5, 5.41) is 0.653. The Morgan fingerprint density at radius 3 is 2.55 bits per heavy atom. The van der Waals surface area contributed by atoms with Gasteiger partial charge in [0.15, 0.2) is 0 Å². The molecule has 4 heterocycles. The van der Waals surface area contributed by atoms with Crippen molar-refractivity contribution in [1.82, 2.24) is 19.4 Å². The molecule has 3 aliphatic rings. The van der Waals surface area contributed by atoms with Gasteiger partial charge in [0.2, 0.25) is 5.91 Å². The SMILES string of the molecule is C=CC(=O)N1CCN(c2nc(=O)n3c4c(c(-c5cc(Cl)c(F)cc5F)c(C)cc24)SCC2(CN(CC)C2)C3)CC1. The number of carbonyl (C=O) groups is 1. The van der Waals surface area contributed by atoms with Crippen LogP contribution in [-0.2, 0) is 11.3 Å². The van der Waals surface area contributed by atoms with E-state index >= 15 is 4.39 Å². The lowest BCUT2D eigenvalue weighted by Gasteiger charge is -2.49. The molecule has 0 unspecified atom stereocenters. The van der Waals surface area contributed by atoms with E-state index in [0.717, 1.165) is 52.8 Å². The first-order chi connectivity index (χ1) is 19.1. The van der Waals surface area contributed by atoms with Gasteiger partial charge in [-0.3, -0.25) is 9.36 Å². The van der Waals surface area contributed by atoms with Crippen molar-refractivity contribution in [2.24, 2.45) is 5.41 Å². The molecule has 0 saturated carbocycles. The van der Waals surface area contributed by atoms with Gasteiger partial charge in [-0.05, 0) is 37.2 Å². The number of benzene rings is 2. The van der Waals surface area contributed by atoms with Gasteiger partial charge in [0, 0.05) is 84.5 Å². The molecule has 2 fully saturated rings. The first-order valence-corrected chi connectivity index (χ1v) is 14.8. The van der Waals surface area contributed by atoms with Crippen LogP contribution in [0.1, 0.15) is 12.5 Å². The van der Waals surface area contributed by atoms with Crippen LogP contribution in [0.3, 0.4) is 0 Å². The molecule has 3 aromatic rings. The largest absolute Gasteiger partial charge is 0.352 e. The number of amides is 1. The van der Waals surface area contributed by atoms with Crippen LogP contribution in [0, 0.1) is 24.0 Å². The first kappa shape index (κ1) is 27.2. The molecule has 6 rings (SSSR count). The fraction of sp³-hybridized carbons (Fsp3) is 0.414. The second-order valence-corrected chi connectivity index (χ2v) is 12.3. The number of likely N-dealkylation sites (tertiary alicyclic amines) is 1. The molecular weight excluding hydrogens is 556 g/mol. The van der Waals surface area contributed by atoms with Crippen LogP contribution in [0.4, 0.5) is 14.6 Å². The third-order valence-electron chi connectivity index (χ3n) is 8.32. The van der Waals surface area contributed by atoms with Gasteiger partial charge >= 0.3 is 5.69 Å². The summed E-state index contributed by atoms with van der Waals surface area (Å²) in [6, 6.07) is 4.10. The molecule has 0 radical (unpaired) electrons. The van der Waals surface area contributed by atoms with Crippen molar-refractivity contribution < 1.29 is 13.6 Å². The highest BCUT2D eigenvalue weighted by atomic mass is 35.5. The Labute approximate surface area is 240 Å². The topological polar surface area (TPSA) is 61.7 Å². The molecule has 1 amide bonds. The Balaban J connectivity index is 1.55. The zero-order chi connectivity index (χ0) is 28.3. The zero-order valence-electron chi connectivity index (χ0n) is 22.5. The first-order valence-electron chi connectivity index (χ1n) is 13.4. The number of hydrogen-bond donors (Lipinski definition) is 0. The number of halogens is 3. The second kappa shape index (κ2) is 10.2. The number of aryl methyl sites for hydroxylation is 1. The van der Waals surface area contributed by atoms with Gasteiger partial charge in [0.05, 0.1) is 10.5 Å². The Morgan fingerprint density at radius 1 is 1.15 bits per heavy atom. The van der Waals surface area contributed by atoms with E-state index in [1.807, 2.05) is 17.9 Å². The summed E-state index contributed by atoms with van der Waals surface area (Å²) in [6.07, 6.45) is 1.31. The predicted octanol–water partition coefficient (Wildman–Crippen LogP) is 4.57. The summed E-state index contributed by atoms with van der Waals surface area (Å²) in [7, 11) is 0. The van der Waals surface area contributed by atoms with Gasteiger partial charge in [-0.25, -0.2) is 13.6 Å². The summed E-state index contributed by atoms with van der Waals surface area (Å²) in [5.74, 6) is -0.317. The molecule has 0 N–H and O–H groups in total. The van der Waals surface area contributed by atoms with E-state index in [9.17, 15) is 14.0 Å². The Morgan fingerprint density at radius 2 is 1.88 bits per heavy atom. The molecule has 0 aliphatic carbocycles. The maximum atomic E-state index is 15.3. The zero-order valence-corrected chi connectivity index (χ0v) is 24.0. The monoisotopic (exact) mass is 585 g/mol. The van der Waals surface area contributed by atoms with E-state index in [2.05, 4.69) is 23.4 Å². The molecule has 1 aromatic heterocycles. The van der Waals surface area contributed by atoms with Crippen molar-refractivity contribution in [3.63, 3.8) is 0 Å². The van der Waals surface area contributed by atoms with Crippen LogP contribution in [0.2, 0.25) is 5.02 Å². The molecule has 0 atom stereocenters. The standard InChI is InChI=1S/C29H30ClF2N5O2S/c1-4-23(38)35-6-8-36(9-7-35)27-19-10-17(3)24(18-11-20(30)22(32)12-21(18)31)26-25(19)37(28(39)33-27)15-29(16-40-26)13-34(5-2)14-29/h4,10-12H,1,5-9,13-16H2,2-3H3. The predicted molar refractivity (Wildman–Crippen MR) is 155 cm³/mol. The van der Waals surface area contributed by atoms with Crippen LogP contribution >= 0.6 is 23.4 Å². The van der Waals surface area contributed by atoms with Crippen LogP contribution in [0.15, 0.2) is 40.5 Å². The van der Waals surface area contributed by atoms with Crippen LogP contribution in [-0.4, -0.2) is 76.8 Å². The number of thioether (sulfide) groups is 1. The highest BCUT2D eigenvalue weighted by molar-refractivity contribution is 7.99. The fourth-order valence-corrected chi connectivity index (χ4v) is 7.95. The number of rotatable bonds is 4. The number of piperazine rings is 1. The van der Waals surface area contributed by atoms with E-state index in [-0.39, 0.29) is 27.6 Å². The molecule has 2 saturated heterocycles. The highest BCUT2D eigenvalue weighted by Gasteiger charge is 2.45. The van der Waals surface area contributed by atoms with Crippen molar-refractivity contribution in [3.05, 3.63) is 63.6 Å². The van der Waals surface area contributed by atoms with Gasteiger partial charge in [0.25, 0.3) is 0 Å². The average molecular weight is 586 g/mol. The molecule has 1 spiro atoms. The normalized spacial score (nSPS) is 18.6. The highest BCUT2D eigenvalue weighted by Crippen LogP contribution is 2.49. The summed E-state index contributed by atoms with van der Waals surface area (Å²) in [6.45, 7) is 12.8. The molecule has 40 heavy (non-hydrogen) atoms. The molecule has 11 heteroatoms. The van der Waals surface area contributed by atoms with Crippen molar-refractivity contribution >= 4 is 46.0 Å². The Hall–Kier alpha value is -2.95. The van der Waals surface area contributed by atoms with Crippen molar-refractivity contribution in [1.29, 1.82) is 0 Å². The maximum Gasteiger partial charge on any atom is 0.350 e. The molecule has 2 aromatic carbocycles. The van der Waals surface area contributed by atoms with E-state index in [1.165, 1.54) is 12.1 Å². The fourth-order valence-electron chi connectivity index (χ4n) is 6.29. The van der Waals surface area contributed by atoms with Crippen LogP contribution in [0.25, 0.3) is 22.0 Å². The van der Waals surface area contributed by atoms with Gasteiger partial charge in [-0.2, -0.15) is 4.98 Å². The third-order valence-corrected chi connectivity index (χ3v) is 10.1. The summed E-state index contributed by atoms with van der Waals surface area (Å²) in [4.78, 5) is 37.4. The Bertz CT molecular complexity index is 1610. The van der Waals surface area contributed by atoms with Gasteiger partial charge in [0.1, 0.15) is 17.5 Å². The third kappa shape index (κ3) is 4.40. The molecule has 7 nitrogen and oxygen atoms in total. The summed E-state index contributed by atoms with van der Waals surface area (Å²) < 4.78 is 31.2. The van der Waals surface area contributed by atoms with Crippen molar-refractivity contribution in [3.8, 4) is 11.1 Å². The number of carbonyl (C=O) groups excluding carboxylic acids is 1. The second-order valence-electron chi connectivity index (χ2n) is 11.0. The van der Waals surface area contributed by atoms with E-state index in [0.29, 0.717) is 44.1 Å². The van der Waals surface area contributed by atoms with E-state index in [1.54, 1.807) is 21.2 Å². The van der Waals surface area contributed by atoms with Crippen LogP contribution in [0.5, 0.6) is 0 Å². The minimum atomic E-state index is -0.814. The molecule has 0 bridgehead atoms. The number of nitrogens with zero attached hydrogens (tertiary/aromatic N) is 5. The summed E-state index contributed by atoms with van der Waals surface area (Å²) in [5.41, 5.74) is 1.87. The lowest BCUT2D eigenvalue weighted by Crippen LogP contribution is -2.59. The average Bonchev–Trinajstić information content (AvgIpc) is 3.10. The van der Waals surface area contributed by atoms with E-state index < -0.39 is 11.6 Å². The minimum Gasteiger partial charge on any atom is -0.352 e. The summed E-state index contributed by atoms with van der Waals surface area (Å²) >= 11 is 7.75. The lowest BCUT2D eigenvalue weighted by atomic mass is 9.81. The number of aromatic nitrogens is 2. The van der Waals surface area contributed by atoms with E-state index in [4.69, 9.17) is 11.6 Å². The molecule has 3 aliphatic heterocycles. The van der Waals surface area contributed by atoms with Crippen molar-refractivity contribution in [2.45, 2.75) is 25.3 Å². The lowest BCUT2D eigenvalue weighted by molar-refractivity contribution is -0.126. The smallest absolute Gasteiger partial charge is 0.350 e.